The molecule has 38 heavy (non-hydrogen) atoms. The molecule has 6 heteroatoms. The van der Waals surface area contributed by atoms with Gasteiger partial charge in [0.2, 0.25) is 0 Å². The average molecular weight is 513 g/mol. The second-order valence-corrected chi connectivity index (χ2v) is 10.8. The molecule has 1 amide bonds. The van der Waals surface area contributed by atoms with Gasteiger partial charge in [0.15, 0.2) is 0 Å². The number of amides is 1. The zero-order valence-electron chi connectivity index (χ0n) is 22.7. The summed E-state index contributed by atoms with van der Waals surface area (Å²) < 4.78 is 16.1. The molecule has 0 atom stereocenters. The highest BCUT2D eigenvalue weighted by Crippen LogP contribution is 2.24. The van der Waals surface area contributed by atoms with Crippen LogP contribution < -0.4 is 0 Å². The molecular formula is C32H37FN4O. The number of carbonyl (C=O) groups excluding carboxylic acids is 1. The van der Waals surface area contributed by atoms with Crippen LogP contribution in [-0.2, 0) is 32.6 Å². The van der Waals surface area contributed by atoms with E-state index in [0.717, 1.165) is 55.9 Å². The zero-order valence-corrected chi connectivity index (χ0v) is 22.7. The molecule has 0 radical (unpaired) electrons. The van der Waals surface area contributed by atoms with E-state index in [2.05, 4.69) is 72.7 Å². The third-order valence-electron chi connectivity index (χ3n) is 7.23. The summed E-state index contributed by atoms with van der Waals surface area (Å²) in [5, 5.41) is 0. The first kappa shape index (κ1) is 26.1. The lowest BCUT2D eigenvalue weighted by atomic mass is 9.99. The second kappa shape index (κ2) is 11.5. The minimum atomic E-state index is -0.400. The number of rotatable bonds is 9. The van der Waals surface area contributed by atoms with Gasteiger partial charge in [0, 0.05) is 38.3 Å². The molecule has 1 aromatic heterocycles. The van der Waals surface area contributed by atoms with Crippen molar-refractivity contribution in [2.45, 2.75) is 59.8 Å². The monoisotopic (exact) mass is 512 g/mol. The summed E-state index contributed by atoms with van der Waals surface area (Å²) in [6.45, 7) is 11.0. The first-order chi connectivity index (χ1) is 18.4. The predicted molar refractivity (Wildman–Crippen MR) is 150 cm³/mol. The molecule has 0 saturated heterocycles. The van der Waals surface area contributed by atoms with E-state index in [4.69, 9.17) is 4.98 Å². The lowest BCUT2D eigenvalue weighted by molar-refractivity contribution is 0.0715. The molecule has 2 heterocycles. The molecule has 0 spiro atoms. The van der Waals surface area contributed by atoms with E-state index in [1.54, 1.807) is 17.0 Å². The molecule has 4 aromatic rings. The molecule has 0 fully saturated rings. The van der Waals surface area contributed by atoms with Crippen LogP contribution in [0.5, 0.6) is 0 Å². The maximum Gasteiger partial charge on any atom is 0.254 e. The quantitative estimate of drug-likeness (QED) is 0.259. The fraction of sp³-hybridized carbons (Fsp3) is 0.375. The van der Waals surface area contributed by atoms with Crippen molar-refractivity contribution in [1.29, 1.82) is 0 Å². The van der Waals surface area contributed by atoms with Crippen molar-refractivity contribution in [1.82, 2.24) is 19.4 Å². The SMILES string of the molecule is CCCn1c(CN(CC(C)C)C(=O)c2cccc(F)c2)nc2cc(CN3CCc4ccccc4C3)ccc21. The van der Waals surface area contributed by atoms with Crippen LogP contribution in [0.4, 0.5) is 4.39 Å². The number of benzene rings is 3. The van der Waals surface area contributed by atoms with Crippen molar-refractivity contribution >= 4 is 16.9 Å². The Hall–Kier alpha value is -3.51. The fourth-order valence-electron chi connectivity index (χ4n) is 5.50. The molecule has 0 unspecified atom stereocenters. The van der Waals surface area contributed by atoms with Gasteiger partial charge in [0.1, 0.15) is 11.6 Å². The van der Waals surface area contributed by atoms with Crippen LogP contribution in [0.1, 0.15) is 60.1 Å². The molecule has 0 aliphatic carbocycles. The summed E-state index contributed by atoms with van der Waals surface area (Å²) in [5.74, 6) is 0.580. The predicted octanol–water partition coefficient (Wildman–Crippen LogP) is 6.44. The molecule has 0 N–H and O–H groups in total. The highest BCUT2D eigenvalue weighted by molar-refractivity contribution is 5.94. The van der Waals surface area contributed by atoms with Crippen LogP contribution >= 0.6 is 0 Å². The number of hydrogen-bond acceptors (Lipinski definition) is 3. The third kappa shape index (κ3) is 5.81. The molecule has 198 valence electrons. The minimum absolute atomic E-state index is 0.167. The van der Waals surface area contributed by atoms with Gasteiger partial charge in [-0.15, -0.1) is 0 Å². The standard InChI is InChI=1S/C32H37FN4O/c1-4-15-37-30-13-12-24(20-35-16-14-25-8-5-6-9-27(25)21-35)17-29(30)34-31(37)22-36(19-23(2)3)32(38)26-10-7-11-28(33)18-26/h5-13,17-18,23H,4,14-16,19-22H2,1-3H3. The Kier molecular flexibility index (Phi) is 7.89. The lowest BCUT2D eigenvalue weighted by Gasteiger charge is -2.28. The number of fused-ring (bicyclic) bond motifs is 2. The zero-order chi connectivity index (χ0) is 26.6. The number of carbonyl (C=O) groups is 1. The Morgan fingerprint density at radius 1 is 1.05 bits per heavy atom. The number of nitrogens with zero attached hydrogens (tertiary/aromatic N) is 4. The summed E-state index contributed by atoms with van der Waals surface area (Å²) in [4.78, 5) is 22.7. The Morgan fingerprint density at radius 2 is 1.87 bits per heavy atom. The fourth-order valence-corrected chi connectivity index (χ4v) is 5.50. The Bertz CT molecular complexity index is 1430. The van der Waals surface area contributed by atoms with Gasteiger partial charge in [-0.3, -0.25) is 9.69 Å². The van der Waals surface area contributed by atoms with Crippen LogP contribution in [0.25, 0.3) is 11.0 Å². The van der Waals surface area contributed by atoms with E-state index in [-0.39, 0.29) is 11.8 Å². The van der Waals surface area contributed by atoms with E-state index < -0.39 is 5.82 Å². The van der Waals surface area contributed by atoms with Crippen LogP contribution in [0.3, 0.4) is 0 Å². The maximum atomic E-state index is 13.9. The molecule has 0 bridgehead atoms. The van der Waals surface area contributed by atoms with E-state index in [9.17, 15) is 9.18 Å². The number of hydrogen-bond donors (Lipinski definition) is 0. The highest BCUT2D eigenvalue weighted by atomic mass is 19.1. The van der Waals surface area contributed by atoms with Crippen LogP contribution in [0.2, 0.25) is 0 Å². The third-order valence-corrected chi connectivity index (χ3v) is 7.23. The van der Waals surface area contributed by atoms with E-state index in [1.165, 1.54) is 28.8 Å². The molecule has 0 saturated carbocycles. The summed E-state index contributed by atoms with van der Waals surface area (Å²) in [7, 11) is 0. The van der Waals surface area contributed by atoms with E-state index in [0.29, 0.717) is 18.7 Å². The summed E-state index contributed by atoms with van der Waals surface area (Å²) in [6, 6.07) is 21.3. The van der Waals surface area contributed by atoms with Gasteiger partial charge in [0.25, 0.3) is 5.91 Å². The van der Waals surface area contributed by atoms with Crippen LogP contribution in [0.15, 0.2) is 66.7 Å². The topological polar surface area (TPSA) is 41.4 Å². The number of aromatic nitrogens is 2. The van der Waals surface area contributed by atoms with E-state index >= 15 is 0 Å². The lowest BCUT2D eigenvalue weighted by Crippen LogP contribution is -2.34. The van der Waals surface area contributed by atoms with E-state index in [1.807, 2.05) is 0 Å². The minimum Gasteiger partial charge on any atom is -0.331 e. The number of imidazole rings is 1. The van der Waals surface area contributed by atoms with Crippen LogP contribution in [-0.4, -0.2) is 38.3 Å². The van der Waals surface area contributed by atoms with Gasteiger partial charge in [-0.25, -0.2) is 9.37 Å². The average Bonchev–Trinajstić information content (AvgIpc) is 3.23. The largest absolute Gasteiger partial charge is 0.331 e. The van der Waals surface area contributed by atoms with Gasteiger partial charge in [0.05, 0.1) is 17.6 Å². The Balaban J connectivity index is 1.40. The molecule has 5 rings (SSSR count). The van der Waals surface area contributed by atoms with Crippen molar-refractivity contribution in [3.8, 4) is 0 Å². The van der Waals surface area contributed by atoms with Crippen molar-refractivity contribution in [2.24, 2.45) is 5.92 Å². The first-order valence-electron chi connectivity index (χ1n) is 13.7. The summed E-state index contributed by atoms with van der Waals surface area (Å²) in [6.07, 6.45) is 2.05. The van der Waals surface area contributed by atoms with Crippen LogP contribution in [0, 0.1) is 11.7 Å². The van der Waals surface area contributed by atoms with Crippen molar-refractivity contribution in [3.05, 3.63) is 101 Å². The summed E-state index contributed by atoms with van der Waals surface area (Å²) >= 11 is 0. The highest BCUT2D eigenvalue weighted by Gasteiger charge is 2.22. The molecule has 3 aromatic carbocycles. The van der Waals surface area contributed by atoms with Gasteiger partial charge >= 0.3 is 0 Å². The molecule has 5 nitrogen and oxygen atoms in total. The maximum absolute atomic E-state index is 13.9. The molecular weight excluding hydrogens is 475 g/mol. The summed E-state index contributed by atoms with van der Waals surface area (Å²) in [5.41, 5.74) is 6.56. The number of aryl methyl sites for hydroxylation is 1. The van der Waals surface area contributed by atoms with Crippen molar-refractivity contribution < 1.29 is 9.18 Å². The van der Waals surface area contributed by atoms with Crippen molar-refractivity contribution in [2.75, 3.05) is 13.1 Å². The van der Waals surface area contributed by atoms with Gasteiger partial charge in [-0.2, -0.15) is 0 Å². The second-order valence-electron chi connectivity index (χ2n) is 10.8. The van der Waals surface area contributed by atoms with Gasteiger partial charge in [-0.1, -0.05) is 57.2 Å². The number of halogens is 1. The first-order valence-corrected chi connectivity index (χ1v) is 13.7. The normalized spacial score (nSPS) is 13.7. The Morgan fingerprint density at radius 3 is 2.63 bits per heavy atom. The van der Waals surface area contributed by atoms with Gasteiger partial charge in [-0.05, 0) is 65.8 Å². The van der Waals surface area contributed by atoms with Crippen molar-refractivity contribution in [3.63, 3.8) is 0 Å². The smallest absolute Gasteiger partial charge is 0.254 e. The molecule has 1 aliphatic rings. The molecule has 1 aliphatic heterocycles. The Labute approximate surface area is 224 Å². The van der Waals surface area contributed by atoms with Gasteiger partial charge < -0.3 is 9.47 Å².